The van der Waals surface area contributed by atoms with Crippen molar-refractivity contribution in [2.75, 3.05) is 5.75 Å². The summed E-state index contributed by atoms with van der Waals surface area (Å²) < 4.78 is 1.62. The minimum atomic E-state index is -0.0919. The Hall–Kier alpha value is -2.12. The largest absolute Gasteiger partial charge is 0.353 e. The van der Waals surface area contributed by atoms with E-state index in [0.29, 0.717) is 21.3 Å². The highest BCUT2D eigenvalue weighted by Gasteiger charge is 2.42. The van der Waals surface area contributed by atoms with E-state index in [1.165, 1.54) is 48.8 Å². The number of thiophene rings is 1. The number of nitrogens with zero attached hydrogens (tertiary/aromatic N) is 2. The zero-order chi connectivity index (χ0) is 20.7. The molecule has 0 radical (unpaired) electrons. The van der Waals surface area contributed by atoms with E-state index in [0.717, 1.165) is 17.5 Å². The molecule has 0 aliphatic heterocycles. The van der Waals surface area contributed by atoms with Gasteiger partial charge in [0.2, 0.25) is 5.91 Å². The lowest BCUT2D eigenvalue weighted by Gasteiger charge is -2.28. The Kier molecular flexibility index (Phi) is 5.41. The van der Waals surface area contributed by atoms with Crippen molar-refractivity contribution in [3.63, 3.8) is 0 Å². The van der Waals surface area contributed by atoms with Crippen LogP contribution in [-0.2, 0) is 4.79 Å². The predicted molar refractivity (Wildman–Crippen MR) is 122 cm³/mol. The summed E-state index contributed by atoms with van der Waals surface area (Å²) in [7, 11) is 0. The summed E-state index contributed by atoms with van der Waals surface area (Å²) in [6, 6.07) is 11.5. The van der Waals surface area contributed by atoms with E-state index in [9.17, 15) is 9.59 Å². The van der Waals surface area contributed by atoms with Crippen molar-refractivity contribution in [3.8, 4) is 5.69 Å². The summed E-state index contributed by atoms with van der Waals surface area (Å²) in [4.78, 5) is 31.2. The van der Waals surface area contributed by atoms with Crippen LogP contribution in [0.5, 0.6) is 0 Å². The van der Waals surface area contributed by atoms with Crippen LogP contribution in [0.25, 0.3) is 15.9 Å². The molecule has 0 unspecified atom stereocenters. The monoisotopic (exact) mass is 439 g/mol. The molecule has 5 nitrogen and oxygen atoms in total. The minimum absolute atomic E-state index is 0.00964. The van der Waals surface area contributed by atoms with Crippen LogP contribution < -0.4 is 10.9 Å². The maximum absolute atomic E-state index is 13.1. The Bertz CT molecular complexity index is 1120. The molecule has 4 atom stereocenters. The molecular formula is C23H25N3O2S2. The zero-order valence-electron chi connectivity index (χ0n) is 16.9. The van der Waals surface area contributed by atoms with Crippen LogP contribution in [0.3, 0.4) is 0 Å². The maximum atomic E-state index is 13.1. The predicted octanol–water partition coefficient (Wildman–Crippen LogP) is 4.48. The third-order valence-electron chi connectivity index (χ3n) is 6.64. The van der Waals surface area contributed by atoms with Crippen molar-refractivity contribution in [2.45, 2.75) is 43.8 Å². The number of fused-ring (bicyclic) bond motifs is 3. The molecule has 2 fully saturated rings. The zero-order valence-corrected chi connectivity index (χ0v) is 18.5. The molecular weight excluding hydrogens is 414 g/mol. The normalized spacial score (nSPS) is 23.7. The second-order valence-corrected chi connectivity index (χ2v) is 10.3. The standard InChI is InChI=1S/C23H25N3O2S2/c1-14(19-12-15-7-8-16(19)11-15)24-20(27)13-30-23-25-21-18(9-10-29-21)22(28)26(23)17-5-3-2-4-6-17/h2-6,9-10,14-16,19H,7-8,11-13H2,1H3,(H,24,27)/t14-,15-,16-,19-/m1/s1. The second-order valence-electron chi connectivity index (χ2n) is 8.49. The van der Waals surface area contributed by atoms with Crippen LogP contribution in [0.4, 0.5) is 0 Å². The molecule has 2 heterocycles. The fourth-order valence-electron chi connectivity index (χ4n) is 5.24. The fourth-order valence-corrected chi connectivity index (χ4v) is 6.86. The van der Waals surface area contributed by atoms with Gasteiger partial charge in [-0.05, 0) is 67.5 Å². The van der Waals surface area contributed by atoms with Crippen molar-refractivity contribution in [3.05, 3.63) is 52.1 Å². The number of thioether (sulfide) groups is 1. The van der Waals surface area contributed by atoms with E-state index < -0.39 is 0 Å². The molecule has 2 aliphatic rings. The van der Waals surface area contributed by atoms with Gasteiger partial charge in [-0.3, -0.25) is 14.2 Å². The number of amides is 1. The average molecular weight is 440 g/mol. The van der Waals surface area contributed by atoms with Crippen LogP contribution in [0.15, 0.2) is 51.7 Å². The number of carbonyl (C=O) groups excluding carboxylic acids is 1. The molecule has 0 saturated heterocycles. The van der Waals surface area contributed by atoms with Gasteiger partial charge in [-0.15, -0.1) is 11.3 Å². The molecule has 7 heteroatoms. The molecule has 2 bridgehead atoms. The maximum Gasteiger partial charge on any atom is 0.267 e. The third kappa shape index (κ3) is 3.69. The van der Waals surface area contributed by atoms with Gasteiger partial charge in [-0.1, -0.05) is 36.4 Å². The lowest BCUT2D eigenvalue weighted by atomic mass is 9.84. The quantitative estimate of drug-likeness (QED) is 0.454. The first-order valence-electron chi connectivity index (χ1n) is 10.6. The van der Waals surface area contributed by atoms with Crippen LogP contribution >= 0.6 is 23.1 Å². The van der Waals surface area contributed by atoms with Crippen LogP contribution in [0.1, 0.15) is 32.6 Å². The Labute approximate surface area is 183 Å². The number of hydrogen-bond acceptors (Lipinski definition) is 5. The first-order valence-corrected chi connectivity index (χ1v) is 12.4. The number of nitrogens with one attached hydrogen (secondary N) is 1. The molecule has 5 rings (SSSR count). The highest BCUT2D eigenvalue weighted by atomic mass is 32.2. The first kappa shape index (κ1) is 19.8. The van der Waals surface area contributed by atoms with Gasteiger partial charge in [0, 0.05) is 6.04 Å². The molecule has 1 aromatic carbocycles. The fraction of sp³-hybridized carbons (Fsp3) is 0.435. The van der Waals surface area contributed by atoms with E-state index in [2.05, 4.69) is 12.2 Å². The lowest BCUT2D eigenvalue weighted by molar-refractivity contribution is -0.119. The summed E-state index contributed by atoms with van der Waals surface area (Å²) in [5, 5.41) is 6.26. The molecule has 2 saturated carbocycles. The lowest BCUT2D eigenvalue weighted by Crippen LogP contribution is -2.41. The van der Waals surface area contributed by atoms with E-state index in [1.807, 2.05) is 41.8 Å². The number of carbonyl (C=O) groups is 1. The van der Waals surface area contributed by atoms with E-state index in [-0.39, 0.29) is 23.3 Å². The molecule has 30 heavy (non-hydrogen) atoms. The minimum Gasteiger partial charge on any atom is -0.353 e. The number of rotatable bonds is 6. The van der Waals surface area contributed by atoms with Crippen molar-refractivity contribution in [2.24, 2.45) is 17.8 Å². The van der Waals surface area contributed by atoms with Crippen molar-refractivity contribution < 1.29 is 4.79 Å². The molecule has 3 aromatic rings. The Morgan fingerprint density at radius 1 is 1.27 bits per heavy atom. The van der Waals surface area contributed by atoms with Gasteiger partial charge < -0.3 is 5.32 Å². The summed E-state index contributed by atoms with van der Waals surface area (Å²) in [5.74, 6) is 2.53. The highest BCUT2D eigenvalue weighted by Crippen LogP contribution is 2.49. The number of benzene rings is 1. The van der Waals surface area contributed by atoms with Crippen molar-refractivity contribution >= 4 is 39.2 Å². The van der Waals surface area contributed by atoms with Gasteiger partial charge in [0.1, 0.15) is 4.83 Å². The Morgan fingerprint density at radius 2 is 2.10 bits per heavy atom. The summed E-state index contributed by atoms with van der Waals surface area (Å²) >= 11 is 2.78. The summed E-state index contributed by atoms with van der Waals surface area (Å²) in [6.45, 7) is 2.14. The van der Waals surface area contributed by atoms with E-state index in [1.54, 1.807) is 4.57 Å². The molecule has 156 valence electrons. The Balaban J connectivity index is 1.33. The van der Waals surface area contributed by atoms with Crippen LogP contribution in [-0.4, -0.2) is 27.3 Å². The highest BCUT2D eigenvalue weighted by molar-refractivity contribution is 7.99. The molecule has 2 aliphatic carbocycles. The number of para-hydroxylation sites is 1. The van der Waals surface area contributed by atoms with E-state index >= 15 is 0 Å². The second kappa shape index (κ2) is 8.19. The molecule has 1 N–H and O–H groups in total. The van der Waals surface area contributed by atoms with Gasteiger partial charge in [0.25, 0.3) is 5.56 Å². The summed E-state index contributed by atoms with van der Waals surface area (Å²) in [6.07, 6.45) is 5.28. The Morgan fingerprint density at radius 3 is 2.83 bits per heavy atom. The molecule has 1 amide bonds. The first-order chi connectivity index (χ1) is 14.6. The molecule has 0 spiro atoms. The van der Waals surface area contributed by atoms with Crippen molar-refractivity contribution in [1.29, 1.82) is 0 Å². The smallest absolute Gasteiger partial charge is 0.267 e. The van der Waals surface area contributed by atoms with Gasteiger partial charge >= 0.3 is 0 Å². The summed E-state index contributed by atoms with van der Waals surface area (Å²) in [5.41, 5.74) is 0.673. The van der Waals surface area contributed by atoms with Gasteiger partial charge in [-0.2, -0.15) is 0 Å². The topological polar surface area (TPSA) is 64.0 Å². The average Bonchev–Trinajstić information content (AvgIpc) is 3.50. The molecule has 2 aromatic heterocycles. The number of aromatic nitrogens is 2. The van der Waals surface area contributed by atoms with Gasteiger partial charge in [-0.25, -0.2) is 4.98 Å². The van der Waals surface area contributed by atoms with Gasteiger partial charge in [0.15, 0.2) is 5.16 Å². The number of hydrogen-bond donors (Lipinski definition) is 1. The van der Waals surface area contributed by atoms with Gasteiger partial charge in [0.05, 0.1) is 16.8 Å². The SMILES string of the molecule is C[C@@H](NC(=O)CSc1nc2sccc2c(=O)n1-c1ccccc1)[C@H]1C[C@@H]2CC[C@@H]1C2. The third-order valence-corrected chi connectivity index (χ3v) is 8.38. The van der Waals surface area contributed by atoms with E-state index in [4.69, 9.17) is 4.98 Å². The van der Waals surface area contributed by atoms with Crippen LogP contribution in [0, 0.1) is 17.8 Å². The van der Waals surface area contributed by atoms with Crippen LogP contribution in [0.2, 0.25) is 0 Å². The van der Waals surface area contributed by atoms with Crippen molar-refractivity contribution in [1.82, 2.24) is 14.9 Å².